The van der Waals surface area contributed by atoms with Gasteiger partial charge in [0.1, 0.15) is 11.6 Å². The summed E-state index contributed by atoms with van der Waals surface area (Å²) in [7, 11) is -4.02. The molecule has 180 valence electrons. The van der Waals surface area contributed by atoms with Crippen LogP contribution in [-0.4, -0.2) is 26.2 Å². The van der Waals surface area contributed by atoms with Gasteiger partial charge in [-0.25, -0.2) is 12.8 Å². The van der Waals surface area contributed by atoms with Crippen molar-refractivity contribution < 1.29 is 22.7 Å². The topological polar surface area (TPSA) is 66.8 Å². The van der Waals surface area contributed by atoms with Gasteiger partial charge in [0, 0.05) is 11.6 Å². The minimum Gasteiger partial charge on any atom is -0.493 e. The Hall–Kier alpha value is -2.12. The van der Waals surface area contributed by atoms with Gasteiger partial charge in [-0.05, 0) is 80.3 Å². The van der Waals surface area contributed by atoms with Crippen molar-refractivity contribution in [2.45, 2.75) is 82.8 Å². The van der Waals surface area contributed by atoms with Crippen LogP contribution in [0, 0.1) is 11.7 Å². The van der Waals surface area contributed by atoms with Gasteiger partial charge in [-0.1, -0.05) is 32.3 Å². The van der Waals surface area contributed by atoms with Gasteiger partial charge in [-0.15, -0.1) is 0 Å². The zero-order chi connectivity index (χ0) is 23.6. The lowest BCUT2D eigenvalue weighted by Crippen LogP contribution is -2.42. The lowest BCUT2D eigenvalue weighted by atomic mass is 9.90. The molecule has 33 heavy (non-hydrogen) atoms. The van der Waals surface area contributed by atoms with Gasteiger partial charge in [0.2, 0.25) is 0 Å². The summed E-state index contributed by atoms with van der Waals surface area (Å²) in [5.41, 5.74) is 2.16. The Labute approximate surface area is 196 Å². The quantitative estimate of drug-likeness (QED) is 0.585. The Morgan fingerprint density at radius 2 is 1.88 bits per heavy atom. The highest BCUT2D eigenvalue weighted by Gasteiger charge is 2.36. The molecular weight excluding hydrogens is 441 g/mol. The van der Waals surface area contributed by atoms with Crippen LogP contribution >= 0.6 is 0 Å². The van der Waals surface area contributed by atoms with Crippen LogP contribution in [0.3, 0.4) is 0 Å². The Bertz CT molecular complexity index is 1100. The highest BCUT2D eigenvalue weighted by molar-refractivity contribution is 7.92. The van der Waals surface area contributed by atoms with Crippen LogP contribution in [0.5, 0.6) is 5.75 Å². The molecule has 1 fully saturated rings. The predicted molar refractivity (Wildman–Crippen MR) is 128 cm³/mol. The second-order valence-electron chi connectivity index (χ2n) is 9.37. The third-order valence-corrected chi connectivity index (χ3v) is 8.93. The maximum absolute atomic E-state index is 15.1. The van der Waals surface area contributed by atoms with Crippen LogP contribution in [-0.2, 0) is 29.5 Å². The van der Waals surface area contributed by atoms with E-state index in [1.807, 2.05) is 19.9 Å². The van der Waals surface area contributed by atoms with E-state index in [1.54, 1.807) is 6.07 Å². The fourth-order valence-corrected chi connectivity index (χ4v) is 6.86. The molecule has 1 saturated carbocycles. The van der Waals surface area contributed by atoms with E-state index in [2.05, 4.69) is 0 Å². The highest BCUT2D eigenvalue weighted by Crippen LogP contribution is 2.39. The van der Waals surface area contributed by atoms with Gasteiger partial charge < -0.3 is 9.84 Å². The molecule has 2 aromatic carbocycles. The molecular formula is C26H34FNO4S. The molecule has 7 heteroatoms. The maximum Gasteiger partial charge on any atom is 0.264 e. The van der Waals surface area contributed by atoms with Gasteiger partial charge in [-0.3, -0.25) is 4.31 Å². The first-order chi connectivity index (χ1) is 15.8. The summed E-state index contributed by atoms with van der Waals surface area (Å²) in [5.74, 6) is 0.498. The normalized spacial score (nSPS) is 19.4. The van der Waals surface area contributed by atoms with E-state index in [0.717, 1.165) is 24.0 Å². The SMILES string of the molecule is CCc1cc(F)c2c(c1)CC[C@H](C)N2S(=O)(=O)c1ccc(OCC2CCCCC2)c(CO)c1. The first kappa shape index (κ1) is 24.0. The fourth-order valence-electron chi connectivity index (χ4n) is 5.07. The molecule has 1 aliphatic heterocycles. The van der Waals surface area contributed by atoms with Gasteiger partial charge in [0.15, 0.2) is 0 Å². The van der Waals surface area contributed by atoms with E-state index in [9.17, 15) is 13.5 Å². The van der Waals surface area contributed by atoms with Crippen molar-refractivity contribution in [1.82, 2.24) is 0 Å². The molecule has 4 rings (SSSR count). The number of nitrogens with zero attached hydrogens (tertiary/aromatic N) is 1. The number of rotatable bonds is 7. The molecule has 0 aromatic heterocycles. The molecule has 0 bridgehead atoms. The van der Waals surface area contributed by atoms with Crippen molar-refractivity contribution in [3.8, 4) is 5.75 Å². The summed E-state index contributed by atoms with van der Waals surface area (Å²) in [6.07, 6.45) is 7.92. The largest absolute Gasteiger partial charge is 0.493 e. The maximum atomic E-state index is 15.1. The van der Waals surface area contributed by atoms with Gasteiger partial charge in [0.25, 0.3) is 10.0 Å². The van der Waals surface area contributed by atoms with Crippen molar-refractivity contribution in [3.05, 3.63) is 52.8 Å². The molecule has 0 saturated heterocycles. The Morgan fingerprint density at radius 3 is 2.58 bits per heavy atom. The molecule has 0 unspecified atom stereocenters. The van der Waals surface area contributed by atoms with Crippen molar-refractivity contribution in [2.24, 2.45) is 5.92 Å². The van der Waals surface area contributed by atoms with Crippen molar-refractivity contribution in [3.63, 3.8) is 0 Å². The van der Waals surface area contributed by atoms with Crippen molar-refractivity contribution in [1.29, 1.82) is 0 Å². The minimum atomic E-state index is -4.02. The van der Waals surface area contributed by atoms with Crippen LogP contribution < -0.4 is 9.04 Å². The summed E-state index contributed by atoms with van der Waals surface area (Å²) in [6.45, 7) is 4.00. The summed E-state index contributed by atoms with van der Waals surface area (Å²) in [5, 5.41) is 9.92. The van der Waals surface area contributed by atoms with Gasteiger partial charge in [0.05, 0.1) is 23.8 Å². The third kappa shape index (κ3) is 4.90. The van der Waals surface area contributed by atoms with Gasteiger partial charge >= 0.3 is 0 Å². The molecule has 1 atom stereocenters. The van der Waals surface area contributed by atoms with Crippen LogP contribution in [0.25, 0.3) is 0 Å². The average Bonchev–Trinajstić information content (AvgIpc) is 2.83. The molecule has 1 heterocycles. The summed E-state index contributed by atoms with van der Waals surface area (Å²) < 4.78 is 49.7. The Balaban J connectivity index is 1.64. The number of benzene rings is 2. The Morgan fingerprint density at radius 1 is 1.12 bits per heavy atom. The molecule has 1 aliphatic carbocycles. The molecule has 5 nitrogen and oxygen atoms in total. The second kappa shape index (κ2) is 10.0. The van der Waals surface area contributed by atoms with E-state index in [4.69, 9.17) is 4.74 Å². The zero-order valence-electron chi connectivity index (χ0n) is 19.5. The van der Waals surface area contributed by atoms with Crippen molar-refractivity contribution >= 4 is 15.7 Å². The van der Waals surface area contributed by atoms with E-state index in [-0.39, 0.29) is 23.2 Å². The standard InChI is InChI=1S/C26H34FNO4S/c1-3-19-13-21-10-9-18(2)28(26(21)24(27)14-19)33(30,31)23-11-12-25(22(15-23)16-29)32-17-20-7-5-4-6-8-20/h11-15,18,20,29H,3-10,16-17H2,1-2H3/t18-/m0/s1. The lowest BCUT2D eigenvalue weighted by Gasteiger charge is -2.36. The lowest BCUT2D eigenvalue weighted by molar-refractivity contribution is 0.201. The number of aryl methyl sites for hydroxylation is 2. The molecule has 0 amide bonds. The number of halogens is 1. The highest BCUT2D eigenvalue weighted by atomic mass is 32.2. The number of aliphatic hydroxyl groups is 1. The first-order valence-electron chi connectivity index (χ1n) is 12.1. The van der Waals surface area contributed by atoms with Gasteiger partial charge in [-0.2, -0.15) is 0 Å². The van der Waals surface area contributed by atoms with E-state index < -0.39 is 15.8 Å². The average molecular weight is 476 g/mol. The fraction of sp³-hybridized carbons (Fsp3) is 0.538. The minimum absolute atomic E-state index is 0.0373. The number of anilines is 1. The summed E-state index contributed by atoms with van der Waals surface area (Å²) in [6, 6.07) is 7.56. The number of aliphatic hydroxyl groups excluding tert-OH is 1. The number of hydrogen-bond acceptors (Lipinski definition) is 4. The first-order valence-corrected chi connectivity index (χ1v) is 13.5. The second-order valence-corrected chi connectivity index (χ2v) is 11.2. The number of sulfonamides is 1. The molecule has 0 radical (unpaired) electrons. The summed E-state index contributed by atoms with van der Waals surface area (Å²) >= 11 is 0. The monoisotopic (exact) mass is 475 g/mol. The predicted octanol–water partition coefficient (Wildman–Crippen LogP) is 5.37. The zero-order valence-corrected chi connectivity index (χ0v) is 20.3. The molecule has 2 aliphatic rings. The van der Waals surface area contributed by atoms with E-state index >= 15 is 4.39 Å². The van der Waals surface area contributed by atoms with Crippen LogP contribution in [0.4, 0.5) is 10.1 Å². The smallest absolute Gasteiger partial charge is 0.264 e. The van der Waals surface area contributed by atoms with Crippen LogP contribution in [0.15, 0.2) is 35.2 Å². The molecule has 1 N–H and O–H groups in total. The van der Waals surface area contributed by atoms with Crippen LogP contribution in [0.1, 0.15) is 69.1 Å². The number of fused-ring (bicyclic) bond motifs is 1. The van der Waals surface area contributed by atoms with Crippen molar-refractivity contribution in [2.75, 3.05) is 10.9 Å². The summed E-state index contributed by atoms with van der Waals surface area (Å²) in [4.78, 5) is 0.0373. The van der Waals surface area contributed by atoms with Crippen LogP contribution in [0.2, 0.25) is 0 Å². The molecule has 2 aromatic rings. The number of ether oxygens (including phenoxy) is 1. The third-order valence-electron chi connectivity index (χ3n) is 7.02. The van der Waals surface area contributed by atoms with E-state index in [1.165, 1.54) is 41.8 Å². The Kier molecular flexibility index (Phi) is 7.29. The van der Waals surface area contributed by atoms with E-state index in [0.29, 0.717) is 43.1 Å². The number of hydrogen-bond donors (Lipinski definition) is 1. The molecule has 0 spiro atoms.